The molecule has 2 amide bonds. The van der Waals surface area contributed by atoms with Gasteiger partial charge in [-0.3, -0.25) is 9.59 Å². The number of carbonyl (C=O) groups is 2. The Balaban J connectivity index is 1.41. The van der Waals surface area contributed by atoms with Gasteiger partial charge in [0.25, 0.3) is 0 Å². The van der Waals surface area contributed by atoms with E-state index >= 15 is 0 Å². The summed E-state index contributed by atoms with van der Waals surface area (Å²) in [6.07, 6.45) is 0.229. The fourth-order valence-corrected chi connectivity index (χ4v) is 4.18. The molecule has 3 rings (SSSR count). The zero-order valence-corrected chi connectivity index (χ0v) is 18.2. The third kappa shape index (κ3) is 6.34. The topological polar surface area (TPSA) is 82.0 Å². The fraction of sp³-hybridized carbons (Fsp3) is 0.240. The summed E-state index contributed by atoms with van der Waals surface area (Å²) in [4.78, 5) is 24.7. The first kappa shape index (κ1) is 22.4. The van der Waals surface area contributed by atoms with Crippen LogP contribution in [0, 0.1) is 11.3 Å². The number of nitriles is 1. The third-order valence-electron chi connectivity index (χ3n) is 4.94. The van der Waals surface area contributed by atoms with Crippen molar-refractivity contribution in [1.82, 2.24) is 10.6 Å². The molecule has 3 aromatic rings. The van der Waals surface area contributed by atoms with Crippen LogP contribution in [0.3, 0.4) is 0 Å². The fourth-order valence-electron chi connectivity index (χ4n) is 3.31. The Hall–Kier alpha value is -3.30. The first-order valence-electron chi connectivity index (χ1n) is 10.2. The molecule has 0 bridgehead atoms. The quantitative estimate of drug-likeness (QED) is 0.505. The number of rotatable bonds is 9. The molecule has 0 radical (unpaired) electrons. The van der Waals surface area contributed by atoms with Gasteiger partial charge in [-0.05, 0) is 34.9 Å². The van der Waals surface area contributed by atoms with E-state index in [1.54, 1.807) is 24.8 Å². The Labute approximate surface area is 186 Å². The van der Waals surface area contributed by atoms with Crippen LogP contribution in [0.15, 0.2) is 66.7 Å². The van der Waals surface area contributed by atoms with Crippen LogP contribution in [0.5, 0.6) is 0 Å². The maximum absolute atomic E-state index is 12.4. The molecule has 0 heterocycles. The van der Waals surface area contributed by atoms with Gasteiger partial charge in [-0.2, -0.15) is 17.0 Å². The van der Waals surface area contributed by atoms with E-state index in [0.717, 1.165) is 33.4 Å². The number of benzene rings is 3. The van der Waals surface area contributed by atoms with E-state index in [4.69, 9.17) is 5.26 Å². The minimum absolute atomic E-state index is 0.179. The van der Waals surface area contributed by atoms with E-state index in [1.165, 1.54) is 0 Å². The second-order valence-corrected chi connectivity index (χ2v) is 8.32. The maximum Gasteiger partial charge on any atom is 0.242 e. The van der Waals surface area contributed by atoms with Gasteiger partial charge in [-0.15, -0.1) is 0 Å². The molecule has 0 aliphatic carbocycles. The summed E-state index contributed by atoms with van der Waals surface area (Å²) in [7, 11) is 0. The van der Waals surface area contributed by atoms with Crippen molar-refractivity contribution in [3.63, 3.8) is 0 Å². The molecule has 0 aliphatic rings. The van der Waals surface area contributed by atoms with Crippen molar-refractivity contribution in [2.45, 2.75) is 25.1 Å². The third-order valence-corrected chi connectivity index (χ3v) is 5.95. The Morgan fingerprint density at radius 1 is 1.00 bits per heavy atom. The Morgan fingerprint density at radius 3 is 2.55 bits per heavy atom. The molecule has 3 aromatic carbocycles. The van der Waals surface area contributed by atoms with E-state index in [-0.39, 0.29) is 18.2 Å². The highest BCUT2D eigenvalue weighted by Gasteiger charge is 2.16. The van der Waals surface area contributed by atoms with E-state index in [9.17, 15) is 9.59 Å². The van der Waals surface area contributed by atoms with Gasteiger partial charge in [0.2, 0.25) is 11.8 Å². The van der Waals surface area contributed by atoms with Gasteiger partial charge in [-0.1, -0.05) is 60.7 Å². The number of nitrogens with one attached hydrogen (secondary N) is 2. The molecule has 0 aliphatic heterocycles. The molecule has 6 heteroatoms. The van der Waals surface area contributed by atoms with E-state index in [1.807, 2.05) is 60.7 Å². The molecule has 0 fully saturated rings. The van der Waals surface area contributed by atoms with Gasteiger partial charge in [0, 0.05) is 18.1 Å². The summed E-state index contributed by atoms with van der Waals surface area (Å²) in [5.74, 6) is 1.06. The summed E-state index contributed by atoms with van der Waals surface area (Å²) in [6.45, 7) is 2.19. The summed E-state index contributed by atoms with van der Waals surface area (Å²) in [5, 5.41) is 16.9. The summed E-state index contributed by atoms with van der Waals surface area (Å²) < 4.78 is 0. The van der Waals surface area contributed by atoms with Gasteiger partial charge >= 0.3 is 0 Å². The van der Waals surface area contributed by atoms with Gasteiger partial charge in [-0.25, -0.2) is 0 Å². The maximum atomic E-state index is 12.4. The van der Waals surface area contributed by atoms with Crippen molar-refractivity contribution in [2.24, 2.45) is 0 Å². The SMILES string of the molecule is C[C@H](NC(=O)Cc1cccc2ccccc12)C(=O)NCCSCc1ccccc1C#N. The van der Waals surface area contributed by atoms with Gasteiger partial charge in [0.1, 0.15) is 6.04 Å². The highest BCUT2D eigenvalue weighted by molar-refractivity contribution is 7.98. The van der Waals surface area contributed by atoms with Crippen LogP contribution in [0.2, 0.25) is 0 Å². The van der Waals surface area contributed by atoms with Crippen molar-refractivity contribution >= 4 is 34.3 Å². The molecular formula is C25H25N3O2S. The zero-order chi connectivity index (χ0) is 22.1. The molecular weight excluding hydrogens is 406 g/mol. The number of carbonyl (C=O) groups excluding carboxylic acids is 2. The van der Waals surface area contributed by atoms with Crippen molar-refractivity contribution in [3.05, 3.63) is 83.4 Å². The molecule has 0 spiro atoms. The van der Waals surface area contributed by atoms with Crippen molar-refractivity contribution < 1.29 is 9.59 Å². The lowest BCUT2D eigenvalue weighted by molar-refractivity contribution is -0.128. The highest BCUT2D eigenvalue weighted by Crippen LogP contribution is 2.19. The summed E-state index contributed by atoms with van der Waals surface area (Å²) in [6, 6.07) is 22.9. The molecule has 0 aromatic heterocycles. The number of hydrogen-bond acceptors (Lipinski definition) is 4. The molecule has 0 saturated carbocycles. The average molecular weight is 432 g/mol. The number of nitrogens with zero attached hydrogens (tertiary/aromatic N) is 1. The molecule has 158 valence electrons. The lowest BCUT2D eigenvalue weighted by Gasteiger charge is -2.15. The van der Waals surface area contributed by atoms with Crippen molar-refractivity contribution in [2.75, 3.05) is 12.3 Å². The number of thioether (sulfide) groups is 1. The Kier molecular flexibility index (Phi) is 8.08. The summed E-state index contributed by atoms with van der Waals surface area (Å²) in [5.41, 5.74) is 2.62. The molecule has 31 heavy (non-hydrogen) atoms. The lowest BCUT2D eigenvalue weighted by atomic mass is 10.0. The monoisotopic (exact) mass is 431 g/mol. The zero-order valence-electron chi connectivity index (χ0n) is 17.4. The summed E-state index contributed by atoms with van der Waals surface area (Å²) >= 11 is 1.65. The molecule has 0 unspecified atom stereocenters. The first-order chi connectivity index (χ1) is 15.1. The Morgan fingerprint density at radius 2 is 1.71 bits per heavy atom. The van der Waals surface area contributed by atoms with Crippen molar-refractivity contribution in [3.8, 4) is 6.07 Å². The van der Waals surface area contributed by atoms with Gasteiger partial charge in [0.05, 0.1) is 18.1 Å². The van der Waals surface area contributed by atoms with E-state index < -0.39 is 6.04 Å². The van der Waals surface area contributed by atoms with Crippen LogP contribution in [-0.2, 0) is 21.8 Å². The predicted molar refractivity (Wildman–Crippen MR) is 126 cm³/mol. The smallest absolute Gasteiger partial charge is 0.242 e. The van der Waals surface area contributed by atoms with Crippen LogP contribution < -0.4 is 10.6 Å². The standard InChI is InChI=1S/C25H25N3O2S/c1-18(25(30)27-13-14-31-17-22-9-3-2-8-21(22)16-26)28-24(29)15-20-11-6-10-19-7-4-5-12-23(19)20/h2-12,18H,13-15,17H2,1H3,(H,27,30)(H,28,29)/t18-/m0/s1. The van der Waals surface area contributed by atoms with Crippen LogP contribution in [-0.4, -0.2) is 30.2 Å². The van der Waals surface area contributed by atoms with Crippen molar-refractivity contribution in [1.29, 1.82) is 5.26 Å². The highest BCUT2D eigenvalue weighted by atomic mass is 32.2. The van der Waals surface area contributed by atoms with Crippen LogP contribution in [0.4, 0.5) is 0 Å². The second kappa shape index (κ2) is 11.2. The average Bonchev–Trinajstić information content (AvgIpc) is 2.79. The normalized spacial score (nSPS) is 11.5. The molecule has 0 saturated heterocycles. The minimum Gasteiger partial charge on any atom is -0.353 e. The van der Waals surface area contributed by atoms with Crippen LogP contribution in [0.1, 0.15) is 23.6 Å². The molecule has 2 N–H and O–H groups in total. The largest absolute Gasteiger partial charge is 0.353 e. The Bertz CT molecular complexity index is 1100. The lowest BCUT2D eigenvalue weighted by Crippen LogP contribution is -2.45. The number of fused-ring (bicyclic) bond motifs is 1. The van der Waals surface area contributed by atoms with E-state index in [0.29, 0.717) is 12.1 Å². The minimum atomic E-state index is -0.605. The second-order valence-electron chi connectivity index (χ2n) is 7.22. The predicted octanol–water partition coefficient (Wildman–Crippen LogP) is 3.81. The first-order valence-corrected chi connectivity index (χ1v) is 11.3. The molecule has 5 nitrogen and oxygen atoms in total. The van der Waals surface area contributed by atoms with E-state index in [2.05, 4.69) is 16.7 Å². The number of hydrogen-bond donors (Lipinski definition) is 2. The number of amides is 2. The van der Waals surface area contributed by atoms with Crippen LogP contribution >= 0.6 is 11.8 Å². The van der Waals surface area contributed by atoms with Gasteiger partial charge in [0.15, 0.2) is 0 Å². The molecule has 1 atom stereocenters. The van der Waals surface area contributed by atoms with Crippen LogP contribution in [0.25, 0.3) is 10.8 Å². The van der Waals surface area contributed by atoms with Gasteiger partial charge < -0.3 is 10.6 Å².